The normalized spacial score (nSPS) is 13.0. The highest BCUT2D eigenvalue weighted by Crippen LogP contribution is 2.10. The zero-order valence-corrected chi connectivity index (χ0v) is 6.91. The molecular formula is C9H13NO. The molecule has 0 aliphatic rings. The average Bonchev–Trinajstić information content (AvgIpc) is 2.05. The van der Waals surface area contributed by atoms with E-state index >= 15 is 0 Å². The fourth-order valence-corrected chi connectivity index (χ4v) is 0.892. The number of hydrogen-bond donors (Lipinski definition) is 1. The minimum Gasteiger partial charge on any atom is -0.389 e. The Kier molecular flexibility index (Phi) is 2.60. The van der Waals surface area contributed by atoms with Crippen LogP contribution >= 0.6 is 0 Å². The number of rotatable bonds is 2. The van der Waals surface area contributed by atoms with Crippen molar-refractivity contribution in [2.24, 2.45) is 0 Å². The number of aryl methyl sites for hydroxylation is 1. The van der Waals surface area contributed by atoms with Crippen molar-refractivity contribution >= 4 is 0 Å². The van der Waals surface area contributed by atoms with Crippen LogP contribution in [-0.4, -0.2) is 10.1 Å². The summed E-state index contributed by atoms with van der Waals surface area (Å²) in [6.45, 7) is 3.80. The minimum atomic E-state index is -0.409. The van der Waals surface area contributed by atoms with E-state index in [9.17, 15) is 0 Å². The van der Waals surface area contributed by atoms with Gasteiger partial charge in [-0.25, -0.2) is 0 Å². The molecule has 0 radical (unpaired) electrons. The van der Waals surface area contributed by atoms with Gasteiger partial charge in [-0.2, -0.15) is 0 Å². The van der Waals surface area contributed by atoms with Crippen molar-refractivity contribution in [2.75, 3.05) is 0 Å². The summed E-state index contributed by atoms with van der Waals surface area (Å²) in [4.78, 5) is 4.16. The van der Waals surface area contributed by atoms with E-state index in [1.807, 2.05) is 12.1 Å². The summed E-state index contributed by atoms with van der Waals surface area (Å²) in [6.07, 6.45) is 2.26. The van der Waals surface area contributed by atoms with Crippen molar-refractivity contribution in [1.82, 2.24) is 4.98 Å². The summed E-state index contributed by atoms with van der Waals surface area (Å²) in [7, 11) is 0. The molecule has 1 atom stereocenters. The van der Waals surface area contributed by atoms with Gasteiger partial charge in [-0.05, 0) is 25.0 Å². The van der Waals surface area contributed by atoms with Crippen LogP contribution in [0.15, 0.2) is 18.3 Å². The molecule has 1 aromatic rings. The quantitative estimate of drug-likeness (QED) is 0.697. The lowest BCUT2D eigenvalue weighted by Gasteiger charge is -2.03. The van der Waals surface area contributed by atoms with Gasteiger partial charge in [-0.3, -0.25) is 4.98 Å². The van der Waals surface area contributed by atoms with Gasteiger partial charge < -0.3 is 5.11 Å². The largest absolute Gasteiger partial charge is 0.389 e. The fourth-order valence-electron chi connectivity index (χ4n) is 0.892. The van der Waals surface area contributed by atoms with E-state index in [0.29, 0.717) is 0 Å². The van der Waals surface area contributed by atoms with Crippen LogP contribution in [0.3, 0.4) is 0 Å². The Bertz CT molecular complexity index is 216. The smallest absolute Gasteiger partial charge is 0.0776 e. The molecule has 1 N–H and O–H groups in total. The summed E-state index contributed by atoms with van der Waals surface area (Å²) in [5.41, 5.74) is 1.94. The highest BCUT2D eigenvalue weighted by Gasteiger charge is 1.99. The molecule has 2 nitrogen and oxygen atoms in total. The lowest BCUT2D eigenvalue weighted by Crippen LogP contribution is -1.93. The van der Waals surface area contributed by atoms with Gasteiger partial charge in [0.25, 0.3) is 0 Å². The van der Waals surface area contributed by atoms with Crippen molar-refractivity contribution < 1.29 is 5.11 Å². The van der Waals surface area contributed by atoms with Crippen LogP contribution in [0.25, 0.3) is 0 Å². The monoisotopic (exact) mass is 151 g/mol. The molecule has 60 valence electrons. The second kappa shape index (κ2) is 3.49. The van der Waals surface area contributed by atoms with Crippen molar-refractivity contribution in [2.45, 2.75) is 26.4 Å². The van der Waals surface area contributed by atoms with E-state index in [-0.39, 0.29) is 0 Å². The average molecular weight is 151 g/mol. The van der Waals surface area contributed by atoms with Crippen molar-refractivity contribution in [1.29, 1.82) is 0 Å². The lowest BCUT2D eigenvalue weighted by atomic mass is 10.1. The molecule has 0 saturated carbocycles. The first-order chi connectivity index (χ1) is 5.24. The van der Waals surface area contributed by atoms with Gasteiger partial charge in [0.2, 0.25) is 0 Å². The molecular weight excluding hydrogens is 138 g/mol. The number of aliphatic hydroxyl groups excluding tert-OH is 1. The zero-order valence-electron chi connectivity index (χ0n) is 6.91. The first-order valence-corrected chi connectivity index (χ1v) is 3.87. The van der Waals surface area contributed by atoms with Crippen LogP contribution in [0.4, 0.5) is 0 Å². The minimum absolute atomic E-state index is 0.409. The summed E-state index contributed by atoms with van der Waals surface area (Å²) < 4.78 is 0. The van der Waals surface area contributed by atoms with Gasteiger partial charge in [0, 0.05) is 11.9 Å². The number of nitrogens with zero attached hydrogens (tertiary/aromatic N) is 1. The summed E-state index contributed by atoms with van der Waals surface area (Å²) in [6, 6.07) is 3.86. The van der Waals surface area contributed by atoms with Gasteiger partial charge in [0.1, 0.15) is 0 Å². The molecule has 2 heteroatoms. The number of aromatic nitrogens is 1. The number of pyridine rings is 1. The lowest BCUT2D eigenvalue weighted by molar-refractivity contribution is 0.199. The predicted molar refractivity (Wildman–Crippen MR) is 44.2 cm³/mol. The molecule has 0 aliphatic carbocycles. The van der Waals surface area contributed by atoms with Gasteiger partial charge >= 0.3 is 0 Å². The van der Waals surface area contributed by atoms with Crippen LogP contribution in [0.2, 0.25) is 0 Å². The van der Waals surface area contributed by atoms with E-state index < -0.39 is 6.10 Å². The molecule has 11 heavy (non-hydrogen) atoms. The maximum atomic E-state index is 9.15. The Morgan fingerprint density at radius 2 is 2.27 bits per heavy atom. The Morgan fingerprint density at radius 1 is 1.55 bits per heavy atom. The van der Waals surface area contributed by atoms with Crippen LogP contribution in [-0.2, 0) is 6.42 Å². The Labute approximate surface area is 66.9 Å². The molecule has 0 aliphatic heterocycles. The molecule has 0 saturated heterocycles. The molecule has 0 bridgehead atoms. The van der Waals surface area contributed by atoms with Gasteiger partial charge in [0.05, 0.1) is 6.10 Å². The Morgan fingerprint density at radius 3 is 2.64 bits per heavy atom. The molecule has 1 unspecified atom stereocenters. The Balaban J connectivity index is 2.83. The molecule has 0 fully saturated rings. The zero-order chi connectivity index (χ0) is 8.27. The SMILES string of the molecule is CCc1ccc(C(C)O)cn1. The summed E-state index contributed by atoms with van der Waals surface area (Å²) >= 11 is 0. The van der Waals surface area contributed by atoms with Crippen molar-refractivity contribution in [3.8, 4) is 0 Å². The van der Waals surface area contributed by atoms with Crippen LogP contribution in [0.5, 0.6) is 0 Å². The second-order valence-corrected chi connectivity index (χ2v) is 2.61. The third kappa shape index (κ3) is 2.02. The molecule has 1 aromatic heterocycles. The second-order valence-electron chi connectivity index (χ2n) is 2.61. The topological polar surface area (TPSA) is 33.1 Å². The molecule has 1 heterocycles. The predicted octanol–water partition coefficient (Wildman–Crippen LogP) is 1.70. The first kappa shape index (κ1) is 8.21. The standard InChI is InChI=1S/C9H13NO/c1-3-9-5-4-8(6-10-9)7(2)11/h4-7,11H,3H2,1-2H3. The molecule has 0 aromatic carbocycles. The fraction of sp³-hybridized carbons (Fsp3) is 0.444. The number of hydrogen-bond acceptors (Lipinski definition) is 2. The Hall–Kier alpha value is -0.890. The maximum absolute atomic E-state index is 9.15. The van der Waals surface area contributed by atoms with Gasteiger partial charge in [-0.1, -0.05) is 13.0 Å². The van der Waals surface area contributed by atoms with Crippen molar-refractivity contribution in [3.63, 3.8) is 0 Å². The van der Waals surface area contributed by atoms with Gasteiger partial charge in [0.15, 0.2) is 0 Å². The molecule has 1 rings (SSSR count). The van der Waals surface area contributed by atoms with Crippen LogP contribution < -0.4 is 0 Å². The third-order valence-corrected chi connectivity index (χ3v) is 1.69. The maximum Gasteiger partial charge on any atom is 0.0776 e. The highest BCUT2D eigenvalue weighted by molar-refractivity contribution is 5.15. The molecule has 0 amide bonds. The summed E-state index contributed by atoms with van der Waals surface area (Å²) in [5.74, 6) is 0. The summed E-state index contributed by atoms with van der Waals surface area (Å²) in [5, 5.41) is 9.15. The third-order valence-electron chi connectivity index (χ3n) is 1.69. The van der Waals surface area contributed by atoms with E-state index in [0.717, 1.165) is 17.7 Å². The van der Waals surface area contributed by atoms with Crippen molar-refractivity contribution in [3.05, 3.63) is 29.6 Å². The van der Waals surface area contributed by atoms with Crippen LogP contribution in [0.1, 0.15) is 31.2 Å². The number of aliphatic hydroxyl groups is 1. The van der Waals surface area contributed by atoms with E-state index in [2.05, 4.69) is 11.9 Å². The van der Waals surface area contributed by atoms with E-state index in [4.69, 9.17) is 5.11 Å². The molecule has 0 spiro atoms. The highest BCUT2D eigenvalue weighted by atomic mass is 16.3. The van der Waals surface area contributed by atoms with E-state index in [1.54, 1.807) is 13.1 Å². The van der Waals surface area contributed by atoms with Crippen LogP contribution in [0, 0.1) is 0 Å². The first-order valence-electron chi connectivity index (χ1n) is 3.87. The van der Waals surface area contributed by atoms with Gasteiger partial charge in [-0.15, -0.1) is 0 Å². The van der Waals surface area contributed by atoms with E-state index in [1.165, 1.54) is 0 Å².